The molecular formula is C12H13ClO3. The highest BCUT2D eigenvalue weighted by Gasteiger charge is 2.10. The molecule has 0 radical (unpaired) electrons. The summed E-state index contributed by atoms with van der Waals surface area (Å²) in [5.41, 5.74) is 0.492. The molecule has 0 aromatic heterocycles. The van der Waals surface area contributed by atoms with Crippen LogP contribution < -0.4 is 4.74 Å². The maximum absolute atomic E-state index is 10.7. The van der Waals surface area contributed by atoms with Gasteiger partial charge in [-0.25, -0.2) is 4.79 Å². The predicted molar refractivity (Wildman–Crippen MR) is 63.9 cm³/mol. The molecule has 4 heteroatoms. The fourth-order valence-corrected chi connectivity index (χ4v) is 1.39. The zero-order valence-electron chi connectivity index (χ0n) is 9.16. The van der Waals surface area contributed by atoms with Crippen molar-refractivity contribution in [2.75, 3.05) is 0 Å². The van der Waals surface area contributed by atoms with Crippen molar-refractivity contribution in [1.82, 2.24) is 0 Å². The Labute approximate surface area is 99.3 Å². The molecule has 0 amide bonds. The van der Waals surface area contributed by atoms with Crippen LogP contribution in [0.25, 0.3) is 5.57 Å². The first-order valence-corrected chi connectivity index (χ1v) is 5.18. The van der Waals surface area contributed by atoms with Crippen LogP contribution in [0, 0.1) is 0 Å². The minimum absolute atomic E-state index is 0.0120. The first-order chi connectivity index (χ1) is 7.41. The third kappa shape index (κ3) is 3.00. The fraction of sp³-hybridized carbons (Fsp3) is 0.250. The number of hydrogen-bond donors (Lipinski definition) is 1. The molecule has 0 aliphatic carbocycles. The van der Waals surface area contributed by atoms with Gasteiger partial charge in [-0.05, 0) is 31.5 Å². The van der Waals surface area contributed by atoms with Gasteiger partial charge >= 0.3 is 5.97 Å². The van der Waals surface area contributed by atoms with E-state index in [2.05, 4.69) is 6.58 Å². The van der Waals surface area contributed by atoms with Gasteiger partial charge in [0.1, 0.15) is 5.75 Å². The molecule has 1 rings (SSSR count). The molecule has 0 spiro atoms. The maximum Gasteiger partial charge on any atom is 0.335 e. The van der Waals surface area contributed by atoms with Gasteiger partial charge in [-0.1, -0.05) is 24.2 Å². The van der Waals surface area contributed by atoms with Gasteiger partial charge in [-0.15, -0.1) is 0 Å². The Morgan fingerprint density at radius 2 is 2.12 bits per heavy atom. The lowest BCUT2D eigenvalue weighted by Crippen LogP contribution is -2.06. The highest BCUT2D eigenvalue weighted by molar-refractivity contribution is 6.32. The van der Waals surface area contributed by atoms with Crippen molar-refractivity contribution in [1.29, 1.82) is 0 Å². The van der Waals surface area contributed by atoms with Crippen LogP contribution >= 0.6 is 11.6 Å². The van der Waals surface area contributed by atoms with Crippen LogP contribution in [-0.2, 0) is 4.79 Å². The lowest BCUT2D eigenvalue weighted by atomic mass is 10.1. The normalized spacial score (nSPS) is 10.2. The molecule has 0 aliphatic rings. The summed E-state index contributed by atoms with van der Waals surface area (Å²) in [7, 11) is 0. The Balaban J connectivity index is 2.99. The summed E-state index contributed by atoms with van der Waals surface area (Å²) in [5.74, 6) is -0.521. The number of aliphatic carboxylic acids is 1. The average Bonchev–Trinajstić information content (AvgIpc) is 2.19. The summed E-state index contributed by atoms with van der Waals surface area (Å²) in [4.78, 5) is 10.7. The van der Waals surface area contributed by atoms with Crippen molar-refractivity contribution in [3.63, 3.8) is 0 Å². The lowest BCUT2D eigenvalue weighted by Gasteiger charge is -2.12. The molecule has 86 valence electrons. The average molecular weight is 241 g/mol. The molecule has 0 bridgehead atoms. The van der Waals surface area contributed by atoms with E-state index in [1.165, 1.54) is 6.07 Å². The first-order valence-electron chi connectivity index (χ1n) is 4.80. The van der Waals surface area contributed by atoms with E-state index in [4.69, 9.17) is 21.4 Å². The van der Waals surface area contributed by atoms with Gasteiger partial charge in [0.15, 0.2) is 0 Å². The molecule has 0 heterocycles. The second-order valence-electron chi connectivity index (χ2n) is 3.60. The Kier molecular flexibility index (Phi) is 3.96. The van der Waals surface area contributed by atoms with Gasteiger partial charge in [0.05, 0.1) is 16.7 Å². The summed E-state index contributed by atoms with van der Waals surface area (Å²) >= 11 is 5.96. The lowest BCUT2D eigenvalue weighted by molar-refractivity contribution is -0.130. The Morgan fingerprint density at radius 3 is 2.56 bits per heavy atom. The van der Waals surface area contributed by atoms with Gasteiger partial charge in [0.2, 0.25) is 0 Å². The van der Waals surface area contributed by atoms with Crippen LogP contribution in [0.3, 0.4) is 0 Å². The van der Waals surface area contributed by atoms with E-state index in [1.807, 2.05) is 13.8 Å². The predicted octanol–water partition coefficient (Wildman–Crippen LogP) is 3.23. The molecule has 0 saturated heterocycles. The van der Waals surface area contributed by atoms with Crippen LogP contribution in [0.15, 0.2) is 24.8 Å². The van der Waals surface area contributed by atoms with Crippen molar-refractivity contribution in [3.8, 4) is 5.75 Å². The van der Waals surface area contributed by atoms with Crippen molar-refractivity contribution < 1.29 is 14.6 Å². The van der Waals surface area contributed by atoms with Crippen LogP contribution in [0.4, 0.5) is 0 Å². The maximum atomic E-state index is 10.7. The van der Waals surface area contributed by atoms with Crippen LogP contribution in [0.1, 0.15) is 19.4 Å². The second-order valence-corrected chi connectivity index (χ2v) is 4.00. The van der Waals surface area contributed by atoms with E-state index in [1.54, 1.807) is 12.1 Å². The van der Waals surface area contributed by atoms with Gasteiger partial charge in [-0.3, -0.25) is 0 Å². The number of carbonyl (C=O) groups is 1. The van der Waals surface area contributed by atoms with Crippen LogP contribution in [-0.4, -0.2) is 17.2 Å². The molecule has 16 heavy (non-hydrogen) atoms. The standard InChI is InChI=1S/C12H13ClO3/c1-7(2)16-11-5-4-9(6-10(11)13)8(3)12(14)15/h4-7H,3H2,1-2H3,(H,14,15). The van der Waals surface area contributed by atoms with Crippen molar-refractivity contribution in [2.24, 2.45) is 0 Å². The number of halogens is 1. The summed E-state index contributed by atoms with van der Waals surface area (Å²) in [6.07, 6.45) is 0.0195. The number of ether oxygens (including phenoxy) is 1. The largest absolute Gasteiger partial charge is 0.489 e. The minimum Gasteiger partial charge on any atom is -0.489 e. The van der Waals surface area contributed by atoms with E-state index in [0.717, 1.165) is 0 Å². The Bertz CT molecular complexity index is 424. The quantitative estimate of drug-likeness (QED) is 0.822. The SMILES string of the molecule is C=C(C(=O)O)c1ccc(OC(C)C)c(Cl)c1. The molecule has 0 saturated carbocycles. The molecule has 0 aliphatic heterocycles. The van der Waals surface area contributed by atoms with Gasteiger partial charge < -0.3 is 9.84 Å². The molecule has 0 atom stereocenters. The smallest absolute Gasteiger partial charge is 0.335 e. The van der Waals surface area contributed by atoms with Crippen molar-refractivity contribution in [2.45, 2.75) is 20.0 Å². The van der Waals surface area contributed by atoms with Crippen LogP contribution in [0.2, 0.25) is 5.02 Å². The second kappa shape index (κ2) is 5.03. The Morgan fingerprint density at radius 1 is 1.50 bits per heavy atom. The first kappa shape index (κ1) is 12.6. The van der Waals surface area contributed by atoms with Crippen molar-refractivity contribution in [3.05, 3.63) is 35.4 Å². The third-order valence-corrected chi connectivity index (χ3v) is 2.20. The third-order valence-electron chi connectivity index (χ3n) is 1.90. The molecule has 3 nitrogen and oxygen atoms in total. The van der Waals surface area contributed by atoms with Crippen molar-refractivity contribution >= 4 is 23.1 Å². The summed E-state index contributed by atoms with van der Waals surface area (Å²) < 4.78 is 5.43. The summed E-state index contributed by atoms with van der Waals surface area (Å²) in [6.45, 7) is 7.24. The monoisotopic (exact) mass is 240 g/mol. The van der Waals surface area contributed by atoms with E-state index in [0.29, 0.717) is 16.3 Å². The number of carboxylic acids is 1. The molecule has 1 aromatic carbocycles. The number of hydrogen-bond acceptors (Lipinski definition) is 2. The van der Waals surface area contributed by atoms with E-state index in [9.17, 15) is 4.79 Å². The summed E-state index contributed by atoms with van der Waals surface area (Å²) in [6, 6.07) is 4.81. The molecule has 1 aromatic rings. The van der Waals surface area contributed by atoms with Gasteiger partial charge in [-0.2, -0.15) is 0 Å². The molecule has 1 N–H and O–H groups in total. The zero-order valence-corrected chi connectivity index (χ0v) is 9.91. The topological polar surface area (TPSA) is 46.5 Å². The van der Waals surface area contributed by atoms with Gasteiger partial charge in [0, 0.05) is 0 Å². The molecular weight excluding hydrogens is 228 g/mol. The van der Waals surface area contributed by atoms with Gasteiger partial charge in [0.25, 0.3) is 0 Å². The molecule has 0 unspecified atom stereocenters. The van der Waals surface area contributed by atoms with E-state index >= 15 is 0 Å². The zero-order chi connectivity index (χ0) is 12.3. The Hall–Kier alpha value is -1.48. The highest BCUT2D eigenvalue weighted by Crippen LogP contribution is 2.28. The number of benzene rings is 1. The van der Waals surface area contributed by atoms with E-state index in [-0.39, 0.29) is 11.7 Å². The van der Waals surface area contributed by atoms with Crippen LogP contribution in [0.5, 0.6) is 5.75 Å². The van der Waals surface area contributed by atoms with E-state index < -0.39 is 5.97 Å². The minimum atomic E-state index is -1.06. The number of rotatable bonds is 4. The highest BCUT2D eigenvalue weighted by atomic mass is 35.5. The number of carboxylic acid groups (broad SMARTS) is 1. The fourth-order valence-electron chi connectivity index (χ4n) is 1.16. The summed E-state index contributed by atoms with van der Waals surface area (Å²) in [5, 5.41) is 9.15. The molecule has 0 fully saturated rings.